The summed E-state index contributed by atoms with van der Waals surface area (Å²) in [4.78, 5) is 25.7. The zero-order valence-electron chi connectivity index (χ0n) is 12.9. The maximum atomic E-state index is 12.2. The lowest BCUT2D eigenvalue weighted by molar-refractivity contribution is -0.129. The lowest BCUT2D eigenvalue weighted by atomic mass is 9.95. The molecular formula is C15H27N3O2. The van der Waals surface area contributed by atoms with Crippen LogP contribution >= 0.6 is 0 Å². The van der Waals surface area contributed by atoms with Gasteiger partial charge in [0.15, 0.2) is 0 Å². The largest absolute Gasteiger partial charge is 0.355 e. The minimum absolute atomic E-state index is 0.0478. The third kappa shape index (κ3) is 3.95. The van der Waals surface area contributed by atoms with Crippen LogP contribution in [0.3, 0.4) is 0 Å². The molecule has 2 fully saturated rings. The van der Waals surface area contributed by atoms with Crippen molar-refractivity contribution in [3.63, 3.8) is 0 Å². The summed E-state index contributed by atoms with van der Waals surface area (Å²) in [6.45, 7) is 9.26. The molecule has 0 aliphatic carbocycles. The molecular weight excluding hydrogens is 254 g/mol. The molecule has 2 N–H and O–H groups in total. The van der Waals surface area contributed by atoms with Crippen molar-refractivity contribution in [2.45, 2.75) is 58.0 Å². The Morgan fingerprint density at radius 2 is 1.90 bits per heavy atom. The summed E-state index contributed by atoms with van der Waals surface area (Å²) in [6.07, 6.45) is 3.18. The number of nitrogens with zero attached hydrogens (tertiary/aromatic N) is 1. The first kappa shape index (κ1) is 15.3. The molecule has 0 spiro atoms. The molecule has 0 bridgehead atoms. The Morgan fingerprint density at radius 1 is 1.25 bits per heavy atom. The van der Waals surface area contributed by atoms with Crippen molar-refractivity contribution in [3.05, 3.63) is 0 Å². The van der Waals surface area contributed by atoms with Gasteiger partial charge in [0.1, 0.15) is 0 Å². The SMILES string of the molecule is CC(C)(C)N1CCC(NC(=O)C2CCC(=O)NC2)CC1. The molecule has 5 nitrogen and oxygen atoms in total. The first-order chi connectivity index (χ1) is 9.36. The van der Waals surface area contributed by atoms with Crippen LogP contribution in [-0.4, -0.2) is 47.9 Å². The van der Waals surface area contributed by atoms with Gasteiger partial charge in [-0.2, -0.15) is 0 Å². The Balaban J connectivity index is 1.75. The first-order valence-corrected chi connectivity index (χ1v) is 7.68. The molecule has 0 aromatic heterocycles. The molecule has 2 rings (SSSR count). The van der Waals surface area contributed by atoms with Crippen LogP contribution in [0.5, 0.6) is 0 Å². The van der Waals surface area contributed by atoms with Gasteiger partial charge in [0, 0.05) is 37.6 Å². The van der Waals surface area contributed by atoms with E-state index in [2.05, 4.69) is 36.3 Å². The molecule has 0 aromatic carbocycles. The number of hydrogen-bond donors (Lipinski definition) is 2. The molecule has 1 atom stereocenters. The van der Waals surface area contributed by atoms with E-state index in [0.29, 0.717) is 25.4 Å². The fourth-order valence-electron chi connectivity index (χ4n) is 2.97. The number of piperidine rings is 2. The van der Waals surface area contributed by atoms with Gasteiger partial charge in [-0.05, 0) is 40.0 Å². The van der Waals surface area contributed by atoms with Gasteiger partial charge in [-0.25, -0.2) is 0 Å². The van der Waals surface area contributed by atoms with Gasteiger partial charge in [0.2, 0.25) is 11.8 Å². The van der Waals surface area contributed by atoms with Crippen molar-refractivity contribution < 1.29 is 9.59 Å². The van der Waals surface area contributed by atoms with Gasteiger partial charge < -0.3 is 10.6 Å². The highest BCUT2D eigenvalue weighted by atomic mass is 16.2. The Labute approximate surface area is 121 Å². The fourth-order valence-corrected chi connectivity index (χ4v) is 2.97. The second kappa shape index (κ2) is 6.12. The first-order valence-electron chi connectivity index (χ1n) is 7.68. The predicted octanol–water partition coefficient (Wildman–Crippen LogP) is 0.892. The maximum absolute atomic E-state index is 12.2. The molecule has 2 aliphatic heterocycles. The number of rotatable bonds is 2. The number of carbonyl (C=O) groups is 2. The number of amides is 2. The Kier molecular flexibility index (Phi) is 4.68. The van der Waals surface area contributed by atoms with E-state index in [1.165, 1.54) is 0 Å². The van der Waals surface area contributed by atoms with E-state index in [4.69, 9.17) is 0 Å². The maximum Gasteiger partial charge on any atom is 0.225 e. The summed E-state index contributed by atoms with van der Waals surface area (Å²) in [5.41, 5.74) is 0.211. The Hall–Kier alpha value is -1.10. The molecule has 114 valence electrons. The van der Waals surface area contributed by atoms with Gasteiger partial charge in [-0.15, -0.1) is 0 Å². The van der Waals surface area contributed by atoms with Crippen molar-refractivity contribution in [2.75, 3.05) is 19.6 Å². The predicted molar refractivity (Wildman–Crippen MR) is 78.2 cm³/mol. The molecule has 2 saturated heterocycles. The summed E-state index contributed by atoms with van der Waals surface area (Å²) in [5.74, 6) is 0.125. The zero-order valence-corrected chi connectivity index (χ0v) is 12.9. The van der Waals surface area contributed by atoms with Crippen LogP contribution in [0.15, 0.2) is 0 Å². The third-order valence-electron chi connectivity index (χ3n) is 4.43. The summed E-state index contributed by atoms with van der Waals surface area (Å²) < 4.78 is 0. The lowest BCUT2D eigenvalue weighted by Crippen LogP contribution is -2.52. The second-order valence-electron chi connectivity index (χ2n) is 6.98. The summed E-state index contributed by atoms with van der Waals surface area (Å²) >= 11 is 0. The van der Waals surface area contributed by atoms with Crippen LogP contribution < -0.4 is 10.6 Å². The molecule has 20 heavy (non-hydrogen) atoms. The monoisotopic (exact) mass is 281 g/mol. The zero-order chi connectivity index (χ0) is 14.8. The van der Waals surface area contributed by atoms with Gasteiger partial charge in [-0.3, -0.25) is 14.5 Å². The molecule has 5 heteroatoms. The van der Waals surface area contributed by atoms with Gasteiger partial charge >= 0.3 is 0 Å². The standard InChI is InChI=1S/C15H27N3O2/c1-15(2,3)18-8-6-12(7-9-18)17-14(20)11-4-5-13(19)16-10-11/h11-12H,4-10H2,1-3H3,(H,16,19)(H,17,20). The highest BCUT2D eigenvalue weighted by molar-refractivity contribution is 5.83. The van der Waals surface area contributed by atoms with E-state index >= 15 is 0 Å². The summed E-state index contributed by atoms with van der Waals surface area (Å²) in [5, 5.41) is 5.93. The van der Waals surface area contributed by atoms with Crippen LogP contribution in [0, 0.1) is 5.92 Å². The smallest absolute Gasteiger partial charge is 0.225 e. The molecule has 2 heterocycles. The van der Waals surface area contributed by atoms with Crippen LogP contribution in [0.1, 0.15) is 46.5 Å². The normalized spacial score (nSPS) is 26.1. The van der Waals surface area contributed by atoms with Crippen LogP contribution in [0.4, 0.5) is 0 Å². The van der Waals surface area contributed by atoms with E-state index in [1.54, 1.807) is 0 Å². The van der Waals surface area contributed by atoms with Crippen molar-refractivity contribution >= 4 is 11.8 Å². The number of nitrogens with one attached hydrogen (secondary N) is 2. The van der Waals surface area contributed by atoms with Gasteiger partial charge in [-0.1, -0.05) is 0 Å². The second-order valence-corrected chi connectivity index (χ2v) is 6.98. The topological polar surface area (TPSA) is 61.4 Å². The minimum atomic E-state index is -0.0478. The van der Waals surface area contributed by atoms with Crippen LogP contribution in [-0.2, 0) is 9.59 Å². The van der Waals surface area contributed by atoms with E-state index in [1.807, 2.05) is 0 Å². The van der Waals surface area contributed by atoms with E-state index in [-0.39, 0.29) is 23.3 Å². The molecule has 0 aromatic rings. The highest BCUT2D eigenvalue weighted by Crippen LogP contribution is 2.20. The van der Waals surface area contributed by atoms with E-state index in [0.717, 1.165) is 25.9 Å². The van der Waals surface area contributed by atoms with E-state index in [9.17, 15) is 9.59 Å². The number of carbonyl (C=O) groups excluding carboxylic acids is 2. The van der Waals surface area contributed by atoms with Gasteiger partial charge in [0.05, 0.1) is 5.92 Å². The van der Waals surface area contributed by atoms with Crippen molar-refractivity contribution in [1.29, 1.82) is 0 Å². The number of hydrogen-bond acceptors (Lipinski definition) is 3. The van der Waals surface area contributed by atoms with Crippen LogP contribution in [0.25, 0.3) is 0 Å². The van der Waals surface area contributed by atoms with Crippen molar-refractivity contribution in [2.24, 2.45) is 5.92 Å². The Morgan fingerprint density at radius 3 is 2.40 bits per heavy atom. The average Bonchev–Trinajstić information content (AvgIpc) is 2.39. The molecule has 0 radical (unpaired) electrons. The molecule has 0 saturated carbocycles. The lowest BCUT2D eigenvalue weighted by Gasteiger charge is -2.41. The quantitative estimate of drug-likeness (QED) is 0.790. The average molecular weight is 281 g/mol. The fraction of sp³-hybridized carbons (Fsp3) is 0.867. The number of likely N-dealkylation sites (tertiary alicyclic amines) is 1. The highest BCUT2D eigenvalue weighted by Gasteiger charge is 2.30. The minimum Gasteiger partial charge on any atom is -0.355 e. The summed E-state index contributed by atoms with van der Waals surface area (Å²) in [6, 6.07) is 0.290. The molecule has 1 unspecified atom stereocenters. The molecule has 2 amide bonds. The van der Waals surface area contributed by atoms with E-state index < -0.39 is 0 Å². The Bertz CT molecular complexity index is 358. The summed E-state index contributed by atoms with van der Waals surface area (Å²) in [7, 11) is 0. The molecule has 2 aliphatic rings. The van der Waals surface area contributed by atoms with Crippen molar-refractivity contribution in [3.8, 4) is 0 Å². The third-order valence-corrected chi connectivity index (χ3v) is 4.43. The van der Waals surface area contributed by atoms with Gasteiger partial charge in [0.25, 0.3) is 0 Å². The van der Waals surface area contributed by atoms with Crippen molar-refractivity contribution in [1.82, 2.24) is 15.5 Å². The van der Waals surface area contributed by atoms with Crippen LogP contribution in [0.2, 0.25) is 0 Å².